The van der Waals surface area contributed by atoms with E-state index in [1.165, 1.54) is 13.0 Å². The molecule has 0 amide bonds. The fraction of sp³-hybridized carbons (Fsp3) is 0.267. The minimum Gasteiger partial charge on any atom is -0.295 e. The summed E-state index contributed by atoms with van der Waals surface area (Å²) in [5.41, 5.74) is 0.863. The first-order valence-electron chi connectivity index (χ1n) is 6.65. The van der Waals surface area contributed by atoms with Gasteiger partial charge in [-0.1, -0.05) is 35.5 Å². The third-order valence-corrected chi connectivity index (χ3v) is 2.98. The molecule has 0 aliphatic rings. The van der Waals surface area contributed by atoms with Gasteiger partial charge in [0.25, 0.3) is 0 Å². The molecule has 0 atom stereocenters. The van der Waals surface area contributed by atoms with Crippen molar-refractivity contribution in [2.75, 3.05) is 0 Å². The van der Waals surface area contributed by atoms with Gasteiger partial charge < -0.3 is 0 Å². The van der Waals surface area contributed by atoms with E-state index < -0.39 is 18.9 Å². The summed E-state index contributed by atoms with van der Waals surface area (Å²) in [5.74, 6) is -4.57. The van der Waals surface area contributed by atoms with Crippen molar-refractivity contribution in [1.29, 1.82) is 0 Å². The quantitative estimate of drug-likeness (QED) is 0.603. The van der Waals surface area contributed by atoms with Gasteiger partial charge in [-0.3, -0.25) is 4.79 Å². The molecule has 0 spiro atoms. The smallest absolute Gasteiger partial charge is 0.295 e. The van der Waals surface area contributed by atoms with E-state index in [1.807, 2.05) is 0 Å². The highest BCUT2D eigenvalue weighted by molar-refractivity contribution is 5.92. The van der Waals surface area contributed by atoms with Gasteiger partial charge in [-0.15, -0.1) is 5.10 Å². The molecule has 0 saturated carbocycles. The Kier molecular flexibility index (Phi) is 4.92. The molecule has 4 nitrogen and oxygen atoms in total. The summed E-state index contributed by atoms with van der Waals surface area (Å²) in [6.45, 7) is -0.0529. The van der Waals surface area contributed by atoms with E-state index in [4.69, 9.17) is 0 Å². The maximum absolute atomic E-state index is 13.3. The number of ketones is 1. The fourth-order valence-corrected chi connectivity index (χ4v) is 1.87. The van der Waals surface area contributed by atoms with Crippen LogP contribution in [0, 0.1) is 0 Å². The molecule has 0 saturated heterocycles. The van der Waals surface area contributed by atoms with E-state index in [2.05, 4.69) is 10.3 Å². The number of halogens is 4. The van der Waals surface area contributed by atoms with Crippen molar-refractivity contribution >= 4 is 11.9 Å². The van der Waals surface area contributed by atoms with Gasteiger partial charge in [0.05, 0.1) is 5.69 Å². The van der Waals surface area contributed by atoms with E-state index >= 15 is 0 Å². The molecule has 0 N–H and O–H groups in total. The molecular formula is C15H13F4N3O. The number of rotatable bonds is 6. The van der Waals surface area contributed by atoms with Gasteiger partial charge in [-0.25, -0.2) is 13.5 Å². The number of benzene rings is 1. The second kappa shape index (κ2) is 6.72. The van der Waals surface area contributed by atoms with E-state index in [1.54, 1.807) is 30.3 Å². The van der Waals surface area contributed by atoms with Crippen molar-refractivity contribution in [3.8, 4) is 11.3 Å². The molecule has 0 radical (unpaired) electrons. The maximum Gasteiger partial charge on any atom is 0.326 e. The summed E-state index contributed by atoms with van der Waals surface area (Å²) in [7, 11) is 0. The van der Waals surface area contributed by atoms with Gasteiger partial charge >= 0.3 is 12.3 Å². The Morgan fingerprint density at radius 2 is 1.96 bits per heavy atom. The van der Waals surface area contributed by atoms with Gasteiger partial charge in [0.15, 0.2) is 5.78 Å². The van der Waals surface area contributed by atoms with Crippen LogP contribution in [0.15, 0.2) is 36.4 Å². The molecule has 0 unspecified atom stereocenters. The molecule has 122 valence electrons. The number of carbonyl (C=O) groups is 1. The number of nitrogens with zero attached hydrogens (tertiary/aromatic N) is 3. The van der Waals surface area contributed by atoms with Gasteiger partial charge in [-0.2, -0.15) is 8.78 Å². The largest absolute Gasteiger partial charge is 0.326 e. The van der Waals surface area contributed by atoms with Crippen LogP contribution in [0.2, 0.25) is 0 Å². The normalized spacial score (nSPS) is 12.3. The zero-order valence-corrected chi connectivity index (χ0v) is 12.1. The minimum atomic E-state index is -4.25. The van der Waals surface area contributed by atoms with Crippen LogP contribution in [0.5, 0.6) is 0 Å². The minimum absolute atomic E-state index is 0.0618. The summed E-state index contributed by atoms with van der Waals surface area (Å²) in [6, 6.07) is 8.51. The predicted octanol–water partition coefficient (Wildman–Crippen LogP) is 3.45. The molecule has 1 aromatic carbocycles. The summed E-state index contributed by atoms with van der Waals surface area (Å²) < 4.78 is 52.0. The van der Waals surface area contributed by atoms with Gasteiger partial charge in [0.1, 0.15) is 12.2 Å². The van der Waals surface area contributed by atoms with Crippen LogP contribution in [0.25, 0.3) is 17.3 Å². The zero-order valence-electron chi connectivity index (χ0n) is 12.1. The molecular weight excluding hydrogens is 314 g/mol. The average molecular weight is 327 g/mol. The first kappa shape index (κ1) is 16.9. The topological polar surface area (TPSA) is 47.8 Å². The highest BCUT2D eigenvalue weighted by Gasteiger charge is 2.42. The van der Waals surface area contributed by atoms with Crippen LogP contribution >= 0.6 is 0 Å². The number of carbonyl (C=O) groups excluding carboxylic acids is 1. The van der Waals surface area contributed by atoms with Crippen LogP contribution in [0.4, 0.5) is 17.6 Å². The molecule has 2 aromatic rings. The van der Waals surface area contributed by atoms with Crippen LogP contribution < -0.4 is 0 Å². The van der Waals surface area contributed by atoms with Gasteiger partial charge in [-0.05, 0) is 19.1 Å². The van der Waals surface area contributed by atoms with Crippen molar-refractivity contribution in [3.63, 3.8) is 0 Å². The molecule has 0 bridgehead atoms. The monoisotopic (exact) mass is 327 g/mol. The SMILES string of the molecule is CC(=O)/C=C/c1c(-c2ccccc2)nnn1CC(F)(F)C(F)F. The van der Waals surface area contributed by atoms with Crippen molar-refractivity contribution in [2.24, 2.45) is 0 Å². The molecule has 2 rings (SSSR count). The highest BCUT2D eigenvalue weighted by atomic mass is 19.3. The Morgan fingerprint density at radius 1 is 1.30 bits per heavy atom. The Balaban J connectivity index is 2.47. The van der Waals surface area contributed by atoms with Crippen LogP contribution in [0.1, 0.15) is 12.6 Å². The predicted molar refractivity (Wildman–Crippen MR) is 76.1 cm³/mol. The summed E-state index contributed by atoms with van der Waals surface area (Å²) in [6.07, 6.45) is -1.44. The van der Waals surface area contributed by atoms with E-state index in [9.17, 15) is 22.4 Å². The number of allylic oxidation sites excluding steroid dienone is 1. The Morgan fingerprint density at radius 3 is 2.52 bits per heavy atom. The van der Waals surface area contributed by atoms with E-state index in [0.717, 1.165) is 6.08 Å². The summed E-state index contributed by atoms with van der Waals surface area (Å²) >= 11 is 0. The maximum atomic E-state index is 13.3. The fourth-order valence-electron chi connectivity index (χ4n) is 1.87. The molecule has 23 heavy (non-hydrogen) atoms. The van der Waals surface area contributed by atoms with Crippen LogP contribution in [-0.4, -0.2) is 33.1 Å². The van der Waals surface area contributed by atoms with Crippen molar-refractivity contribution in [1.82, 2.24) is 15.0 Å². The van der Waals surface area contributed by atoms with Crippen molar-refractivity contribution < 1.29 is 22.4 Å². The Bertz CT molecular complexity index is 711. The number of alkyl halides is 4. The second-order valence-corrected chi connectivity index (χ2v) is 4.85. The Hall–Kier alpha value is -2.51. The molecule has 1 heterocycles. The number of hydrogen-bond acceptors (Lipinski definition) is 3. The molecule has 1 aromatic heterocycles. The van der Waals surface area contributed by atoms with E-state index in [-0.39, 0.29) is 17.2 Å². The van der Waals surface area contributed by atoms with E-state index in [0.29, 0.717) is 10.2 Å². The lowest BCUT2D eigenvalue weighted by Crippen LogP contribution is -2.33. The number of hydrogen-bond donors (Lipinski definition) is 0. The molecule has 0 aliphatic carbocycles. The van der Waals surface area contributed by atoms with Crippen LogP contribution in [-0.2, 0) is 11.3 Å². The molecule has 8 heteroatoms. The van der Waals surface area contributed by atoms with Gasteiger partial charge in [0.2, 0.25) is 0 Å². The number of aromatic nitrogens is 3. The second-order valence-electron chi connectivity index (χ2n) is 4.85. The molecule has 0 aliphatic heterocycles. The summed E-state index contributed by atoms with van der Waals surface area (Å²) in [5, 5.41) is 7.31. The third kappa shape index (κ3) is 4.02. The molecule has 0 fully saturated rings. The van der Waals surface area contributed by atoms with Crippen molar-refractivity contribution in [2.45, 2.75) is 25.8 Å². The average Bonchev–Trinajstić information content (AvgIpc) is 2.88. The first-order chi connectivity index (χ1) is 10.8. The Labute approximate surface area is 129 Å². The first-order valence-corrected chi connectivity index (χ1v) is 6.65. The highest BCUT2D eigenvalue weighted by Crippen LogP contribution is 2.28. The zero-order chi connectivity index (χ0) is 17.0. The standard InChI is InChI=1S/C15H13F4N3O/c1-10(23)7-8-12-13(11-5-3-2-4-6-11)20-21-22(12)9-15(18,19)14(16)17/h2-8,14H,9H2,1H3/b8-7+. The lowest BCUT2D eigenvalue weighted by atomic mass is 10.1. The summed E-state index contributed by atoms with van der Waals surface area (Å²) in [4.78, 5) is 11.1. The van der Waals surface area contributed by atoms with Crippen LogP contribution in [0.3, 0.4) is 0 Å². The van der Waals surface area contributed by atoms with Gasteiger partial charge in [0, 0.05) is 5.56 Å². The lowest BCUT2D eigenvalue weighted by molar-refractivity contribution is -0.139. The lowest BCUT2D eigenvalue weighted by Gasteiger charge is -2.15. The third-order valence-electron chi connectivity index (χ3n) is 2.98. The van der Waals surface area contributed by atoms with Crippen molar-refractivity contribution in [3.05, 3.63) is 42.1 Å².